The third kappa shape index (κ3) is 5.25. The number of hydrogen-bond acceptors (Lipinski definition) is 7. The third-order valence-electron chi connectivity index (χ3n) is 7.66. The molecule has 1 unspecified atom stereocenters. The zero-order valence-corrected chi connectivity index (χ0v) is 22.2. The Morgan fingerprint density at radius 1 is 1.21 bits per heavy atom. The van der Waals surface area contributed by atoms with Crippen molar-refractivity contribution in [3.8, 4) is 22.4 Å². The Hall–Kier alpha value is -3.80. The molecule has 39 heavy (non-hydrogen) atoms. The van der Waals surface area contributed by atoms with Gasteiger partial charge in [0.2, 0.25) is 0 Å². The van der Waals surface area contributed by atoms with Crippen molar-refractivity contribution in [1.29, 1.82) is 0 Å². The number of carboxylic acids is 1. The van der Waals surface area contributed by atoms with Crippen molar-refractivity contribution in [1.82, 2.24) is 29.4 Å². The van der Waals surface area contributed by atoms with Crippen LogP contribution in [0.1, 0.15) is 51.1 Å². The van der Waals surface area contributed by atoms with Gasteiger partial charge < -0.3 is 15.6 Å². The maximum Gasteiger partial charge on any atom is 0.338 e. The molecule has 1 saturated carbocycles. The van der Waals surface area contributed by atoms with Crippen molar-refractivity contribution in [3.05, 3.63) is 42.6 Å². The normalized spacial score (nSPS) is 18.9. The topological polar surface area (TPSA) is 133 Å². The first-order chi connectivity index (χ1) is 18.6. The average molecular weight is 531 g/mol. The SMILES string of the molecule is [B]c1c(C2CCC(C(F)C(=O)O)CC2)nc2c(-c3ccc(-c4cnn(CC(C)(C)OC)c4)nc3)cnn2c1N. The molecule has 4 heterocycles. The van der Waals surface area contributed by atoms with E-state index >= 15 is 0 Å². The van der Waals surface area contributed by atoms with Gasteiger partial charge in [-0.2, -0.15) is 14.7 Å². The number of methoxy groups -OCH3 is 1. The number of aliphatic carboxylic acids is 1. The van der Waals surface area contributed by atoms with Crippen LogP contribution in [0.25, 0.3) is 28.0 Å². The van der Waals surface area contributed by atoms with Gasteiger partial charge in [0.15, 0.2) is 11.8 Å². The van der Waals surface area contributed by atoms with Crippen LogP contribution in [-0.2, 0) is 16.1 Å². The number of anilines is 1. The van der Waals surface area contributed by atoms with Crippen molar-refractivity contribution in [2.75, 3.05) is 12.8 Å². The summed E-state index contributed by atoms with van der Waals surface area (Å²) in [7, 11) is 8.04. The molecule has 0 saturated heterocycles. The molecule has 1 atom stereocenters. The number of hydrogen-bond donors (Lipinski definition) is 2. The molecule has 0 aromatic carbocycles. The van der Waals surface area contributed by atoms with Gasteiger partial charge in [-0.05, 0) is 51.1 Å². The lowest BCUT2D eigenvalue weighted by Crippen LogP contribution is -2.31. The van der Waals surface area contributed by atoms with E-state index in [1.54, 1.807) is 25.7 Å². The van der Waals surface area contributed by atoms with Crippen molar-refractivity contribution in [2.45, 2.75) is 63.8 Å². The molecule has 10 nitrogen and oxygen atoms in total. The number of nitrogens with two attached hydrogens (primary N) is 1. The van der Waals surface area contributed by atoms with E-state index < -0.39 is 18.1 Å². The highest BCUT2D eigenvalue weighted by Crippen LogP contribution is 2.38. The highest BCUT2D eigenvalue weighted by Gasteiger charge is 2.33. The highest BCUT2D eigenvalue weighted by molar-refractivity contribution is 6.36. The summed E-state index contributed by atoms with van der Waals surface area (Å²) in [6.07, 6.45) is 7.36. The molecular formula is C27H31BFN7O3. The maximum absolute atomic E-state index is 14.0. The smallest absolute Gasteiger partial charge is 0.338 e. The summed E-state index contributed by atoms with van der Waals surface area (Å²) in [4.78, 5) is 20.6. The standard InChI is InChI=1S/C27H31BFN7O3/c1-27(2,39-3)14-35-13-18(11-32-35)20-9-8-17(10-31-20)19-12-33-36-24(30)21(28)23(34-25(19)36)16-6-4-15(5-7-16)22(29)26(37)38/h8-13,15-16,22H,4-7,14,30H2,1-3H3,(H,37,38). The molecule has 0 aliphatic heterocycles. The van der Waals surface area contributed by atoms with E-state index in [0.29, 0.717) is 49.0 Å². The van der Waals surface area contributed by atoms with Crippen LogP contribution in [0, 0.1) is 5.92 Å². The van der Waals surface area contributed by atoms with E-state index in [2.05, 4.69) is 15.2 Å². The molecule has 0 amide bonds. The Morgan fingerprint density at radius 2 is 1.95 bits per heavy atom. The first kappa shape index (κ1) is 26.8. The molecule has 202 valence electrons. The van der Waals surface area contributed by atoms with Crippen LogP contribution in [0.2, 0.25) is 0 Å². The molecule has 0 spiro atoms. The predicted molar refractivity (Wildman–Crippen MR) is 146 cm³/mol. The molecule has 1 aliphatic rings. The molecule has 4 aromatic rings. The maximum atomic E-state index is 14.0. The minimum atomic E-state index is -1.85. The van der Waals surface area contributed by atoms with Gasteiger partial charge in [-0.15, -0.1) is 0 Å². The number of ether oxygens (including phenoxy) is 1. The fourth-order valence-corrected chi connectivity index (χ4v) is 5.21. The quantitative estimate of drug-likeness (QED) is 0.332. The summed E-state index contributed by atoms with van der Waals surface area (Å²) in [5, 5.41) is 17.9. The van der Waals surface area contributed by atoms with E-state index in [4.69, 9.17) is 28.4 Å². The molecule has 2 radical (unpaired) electrons. The summed E-state index contributed by atoms with van der Waals surface area (Å²) in [6, 6.07) is 3.86. The molecule has 3 N–H and O–H groups in total. The van der Waals surface area contributed by atoms with Crippen LogP contribution in [-0.4, -0.2) is 67.2 Å². The summed E-state index contributed by atoms with van der Waals surface area (Å²) < 4.78 is 22.9. The van der Waals surface area contributed by atoms with Crippen molar-refractivity contribution >= 4 is 30.7 Å². The van der Waals surface area contributed by atoms with Crippen LogP contribution < -0.4 is 11.2 Å². The summed E-state index contributed by atoms with van der Waals surface area (Å²) in [6.45, 7) is 4.61. The van der Waals surface area contributed by atoms with Crippen LogP contribution in [0.3, 0.4) is 0 Å². The van der Waals surface area contributed by atoms with E-state index in [1.165, 1.54) is 4.52 Å². The second-order valence-corrected chi connectivity index (χ2v) is 10.8. The van der Waals surface area contributed by atoms with Gasteiger partial charge >= 0.3 is 5.97 Å². The minimum Gasteiger partial charge on any atom is -0.479 e. The number of alkyl halides is 1. The van der Waals surface area contributed by atoms with Gasteiger partial charge in [-0.1, -0.05) is 6.07 Å². The number of halogens is 1. The lowest BCUT2D eigenvalue weighted by atomic mass is 9.75. The lowest BCUT2D eigenvalue weighted by molar-refractivity contribution is -0.145. The number of nitrogens with zero attached hydrogens (tertiary/aromatic N) is 6. The van der Waals surface area contributed by atoms with E-state index in [-0.39, 0.29) is 17.3 Å². The fraction of sp³-hybridized carbons (Fsp3) is 0.444. The van der Waals surface area contributed by atoms with Crippen LogP contribution >= 0.6 is 0 Å². The molecule has 12 heteroatoms. The second kappa shape index (κ2) is 10.4. The zero-order valence-electron chi connectivity index (χ0n) is 22.2. The third-order valence-corrected chi connectivity index (χ3v) is 7.66. The molecule has 1 aliphatic carbocycles. The van der Waals surface area contributed by atoms with Crippen LogP contribution in [0.5, 0.6) is 0 Å². The first-order valence-corrected chi connectivity index (χ1v) is 12.9. The van der Waals surface area contributed by atoms with Crippen molar-refractivity contribution < 1.29 is 19.0 Å². The Labute approximate surface area is 226 Å². The van der Waals surface area contributed by atoms with E-state index in [1.807, 2.05) is 36.9 Å². The number of carboxylic acid groups (broad SMARTS) is 1. The van der Waals surface area contributed by atoms with E-state index in [0.717, 1.165) is 22.4 Å². The number of rotatable bonds is 8. The van der Waals surface area contributed by atoms with Gasteiger partial charge in [-0.25, -0.2) is 14.2 Å². The Bertz CT molecular complexity index is 1490. The molecule has 1 fully saturated rings. The monoisotopic (exact) mass is 531 g/mol. The van der Waals surface area contributed by atoms with Gasteiger partial charge in [0, 0.05) is 53.7 Å². The van der Waals surface area contributed by atoms with Gasteiger partial charge in [0.25, 0.3) is 0 Å². The van der Waals surface area contributed by atoms with Gasteiger partial charge in [0.1, 0.15) is 13.7 Å². The van der Waals surface area contributed by atoms with Gasteiger partial charge in [-0.3, -0.25) is 9.67 Å². The number of fused-ring (bicyclic) bond motifs is 1. The number of aromatic nitrogens is 6. The Balaban J connectivity index is 1.40. The summed E-state index contributed by atoms with van der Waals surface area (Å²) >= 11 is 0. The molecule has 0 bridgehead atoms. The zero-order chi connectivity index (χ0) is 27.9. The highest BCUT2D eigenvalue weighted by atomic mass is 19.1. The Morgan fingerprint density at radius 3 is 2.59 bits per heavy atom. The largest absolute Gasteiger partial charge is 0.479 e. The lowest BCUT2D eigenvalue weighted by Gasteiger charge is -2.30. The summed E-state index contributed by atoms with van der Waals surface area (Å²) in [5.41, 5.74) is 10.8. The second-order valence-electron chi connectivity index (χ2n) is 10.8. The van der Waals surface area contributed by atoms with Crippen LogP contribution in [0.15, 0.2) is 36.9 Å². The van der Waals surface area contributed by atoms with Crippen molar-refractivity contribution in [2.24, 2.45) is 5.92 Å². The minimum absolute atomic E-state index is 0.0441. The number of pyridine rings is 1. The molecular weight excluding hydrogens is 500 g/mol. The van der Waals surface area contributed by atoms with Crippen molar-refractivity contribution in [3.63, 3.8) is 0 Å². The molecule has 4 aromatic heterocycles. The van der Waals surface area contributed by atoms with Gasteiger partial charge in [0.05, 0.1) is 30.2 Å². The first-order valence-electron chi connectivity index (χ1n) is 12.9. The predicted octanol–water partition coefficient (Wildman–Crippen LogP) is 3.15. The number of carbonyl (C=O) groups is 1. The fourth-order valence-electron chi connectivity index (χ4n) is 5.21. The van der Waals surface area contributed by atoms with Crippen LogP contribution in [0.4, 0.5) is 10.2 Å². The average Bonchev–Trinajstić information content (AvgIpc) is 3.57. The summed E-state index contributed by atoms with van der Waals surface area (Å²) in [5.74, 6) is -1.67. The Kier molecular flexibility index (Phi) is 7.15. The number of nitrogen functional groups attached to an aromatic ring is 1. The molecule has 5 rings (SSSR count). The van der Waals surface area contributed by atoms with E-state index in [9.17, 15) is 9.18 Å².